The molecule has 1 aromatic carbocycles. The summed E-state index contributed by atoms with van der Waals surface area (Å²) in [6.07, 6.45) is 1.71. The average molecular weight is 430 g/mol. The molecule has 0 spiro atoms. The summed E-state index contributed by atoms with van der Waals surface area (Å²) < 4.78 is 25.1. The standard InChI is InChI=1S/C24H32FN3O3/c1-8-28-22(16(2)17(3)27-28)23(31-15-30-21(29)13-25)20(14-26-7)18-9-11-19(12-10-18)24(4,5)6/h9-12,14H,8,13,15H2,1-7H3/b23-20-,26-14?. The van der Waals surface area contributed by atoms with Gasteiger partial charge in [0.1, 0.15) is 5.69 Å². The number of nitrogens with zero attached hydrogens (tertiary/aromatic N) is 3. The molecule has 1 heterocycles. The second-order valence-electron chi connectivity index (χ2n) is 8.24. The number of hydrogen-bond acceptors (Lipinski definition) is 5. The Labute approximate surface area is 183 Å². The van der Waals surface area contributed by atoms with Gasteiger partial charge in [-0.2, -0.15) is 5.10 Å². The van der Waals surface area contributed by atoms with E-state index in [2.05, 4.69) is 43.0 Å². The predicted octanol–water partition coefficient (Wildman–Crippen LogP) is 4.87. The summed E-state index contributed by atoms with van der Waals surface area (Å²) in [4.78, 5) is 15.5. The van der Waals surface area contributed by atoms with Crippen molar-refractivity contribution in [3.8, 4) is 0 Å². The highest BCUT2D eigenvalue weighted by Gasteiger charge is 2.22. The van der Waals surface area contributed by atoms with E-state index in [0.717, 1.165) is 28.1 Å². The van der Waals surface area contributed by atoms with Crippen LogP contribution in [-0.4, -0.2) is 42.5 Å². The van der Waals surface area contributed by atoms with Crippen LogP contribution in [0.1, 0.15) is 55.8 Å². The Hall–Kier alpha value is -2.96. The number of benzene rings is 1. The Balaban J connectivity index is 2.67. The minimum Gasteiger partial charge on any atom is -0.454 e. The first-order chi connectivity index (χ1) is 14.6. The molecule has 0 aliphatic heterocycles. The van der Waals surface area contributed by atoms with Gasteiger partial charge in [0.2, 0.25) is 6.79 Å². The average Bonchev–Trinajstić information content (AvgIpc) is 3.03. The number of aryl methyl sites for hydroxylation is 2. The van der Waals surface area contributed by atoms with Crippen LogP contribution in [0.5, 0.6) is 0 Å². The van der Waals surface area contributed by atoms with Gasteiger partial charge in [0.25, 0.3) is 0 Å². The third-order valence-corrected chi connectivity index (χ3v) is 5.04. The van der Waals surface area contributed by atoms with Crippen LogP contribution in [0.2, 0.25) is 0 Å². The Kier molecular flexibility index (Phi) is 8.14. The number of esters is 1. The zero-order valence-electron chi connectivity index (χ0n) is 19.5. The first kappa shape index (κ1) is 24.3. The van der Waals surface area contributed by atoms with Gasteiger partial charge in [-0.25, -0.2) is 9.18 Å². The molecule has 6 nitrogen and oxygen atoms in total. The maximum atomic E-state index is 12.5. The third kappa shape index (κ3) is 5.81. The van der Waals surface area contributed by atoms with Crippen LogP contribution in [0.4, 0.5) is 4.39 Å². The summed E-state index contributed by atoms with van der Waals surface area (Å²) >= 11 is 0. The summed E-state index contributed by atoms with van der Waals surface area (Å²) in [5.74, 6) is -0.503. The fourth-order valence-corrected chi connectivity index (χ4v) is 3.20. The number of hydrogen-bond donors (Lipinski definition) is 0. The van der Waals surface area contributed by atoms with E-state index in [9.17, 15) is 9.18 Å². The Morgan fingerprint density at radius 2 is 1.84 bits per heavy atom. The van der Waals surface area contributed by atoms with E-state index in [0.29, 0.717) is 12.3 Å². The van der Waals surface area contributed by atoms with Crippen LogP contribution in [0.25, 0.3) is 11.3 Å². The van der Waals surface area contributed by atoms with Crippen molar-refractivity contribution < 1.29 is 18.7 Å². The largest absolute Gasteiger partial charge is 0.454 e. The van der Waals surface area contributed by atoms with Gasteiger partial charge in [0, 0.05) is 30.9 Å². The molecular weight excluding hydrogens is 397 g/mol. The maximum absolute atomic E-state index is 12.5. The molecule has 0 atom stereocenters. The first-order valence-corrected chi connectivity index (χ1v) is 10.3. The fourth-order valence-electron chi connectivity index (χ4n) is 3.20. The first-order valence-electron chi connectivity index (χ1n) is 10.3. The number of halogens is 1. The molecule has 7 heteroatoms. The SMILES string of the molecule is CCn1nc(C)c(C)c1/C(OCOC(=O)CF)=C(\C=NC)c1ccc(C(C)(C)C)cc1. The van der Waals surface area contributed by atoms with Gasteiger partial charge in [0.05, 0.1) is 5.69 Å². The molecular formula is C24H32FN3O3. The second kappa shape index (κ2) is 10.4. The Bertz CT molecular complexity index is 967. The molecule has 0 amide bonds. The van der Waals surface area contributed by atoms with E-state index < -0.39 is 19.4 Å². The summed E-state index contributed by atoms with van der Waals surface area (Å²) in [5, 5.41) is 4.58. The molecule has 0 unspecified atom stereocenters. The molecule has 0 aliphatic rings. The van der Waals surface area contributed by atoms with Crippen molar-refractivity contribution in [1.82, 2.24) is 9.78 Å². The lowest BCUT2D eigenvalue weighted by molar-refractivity contribution is -0.152. The zero-order valence-corrected chi connectivity index (χ0v) is 19.5. The van der Waals surface area contributed by atoms with E-state index in [1.54, 1.807) is 13.3 Å². The van der Waals surface area contributed by atoms with Crippen molar-refractivity contribution >= 4 is 23.5 Å². The van der Waals surface area contributed by atoms with E-state index >= 15 is 0 Å². The van der Waals surface area contributed by atoms with Crippen molar-refractivity contribution in [3.63, 3.8) is 0 Å². The fraction of sp³-hybridized carbons (Fsp3) is 0.458. The topological polar surface area (TPSA) is 65.7 Å². The highest BCUT2D eigenvalue weighted by atomic mass is 19.1. The lowest BCUT2D eigenvalue weighted by atomic mass is 9.86. The van der Waals surface area contributed by atoms with E-state index in [-0.39, 0.29) is 5.41 Å². The number of aliphatic imine (C=N–C) groups is 1. The van der Waals surface area contributed by atoms with Crippen LogP contribution in [0.15, 0.2) is 29.3 Å². The molecule has 0 fully saturated rings. The van der Waals surface area contributed by atoms with Gasteiger partial charge in [-0.15, -0.1) is 0 Å². The number of carbonyl (C=O) groups is 1. The Morgan fingerprint density at radius 3 is 2.35 bits per heavy atom. The molecule has 0 saturated heterocycles. The van der Waals surface area contributed by atoms with Crippen molar-refractivity contribution in [3.05, 3.63) is 52.3 Å². The third-order valence-electron chi connectivity index (χ3n) is 5.04. The molecule has 0 saturated carbocycles. The van der Waals surface area contributed by atoms with Gasteiger partial charge < -0.3 is 9.47 Å². The number of aromatic nitrogens is 2. The molecule has 0 N–H and O–H groups in total. The van der Waals surface area contributed by atoms with Gasteiger partial charge >= 0.3 is 5.97 Å². The van der Waals surface area contributed by atoms with Gasteiger partial charge in [-0.1, -0.05) is 45.0 Å². The lowest BCUT2D eigenvalue weighted by Crippen LogP contribution is -2.13. The van der Waals surface area contributed by atoms with Gasteiger partial charge in [-0.05, 0) is 37.3 Å². The number of alkyl halides is 1. The minimum absolute atomic E-state index is 0.0235. The van der Waals surface area contributed by atoms with Crippen LogP contribution in [-0.2, 0) is 26.2 Å². The number of rotatable bonds is 8. The van der Waals surface area contributed by atoms with Gasteiger partial charge in [0.15, 0.2) is 12.4 Å². The summed E-state index contributed by atoms with van der Waals surface area (Å²) in [6.45, 7) is 11.4. The molecule has 2 rings (SSSR count). The molecule has 1 aromatic heterocycles. The molecule has 0 aliphatic carbocycles. The normalized spacial score (nSPS) is 12.8. The highest BCUT2D eigenvalue weighted by molar-refractivity contribution is 6.18. The van der Waals surface area contributed by atoms with E-state index in [1.165, 1.54) is 5.56 Å². The zero-order chi connectivity index (χ0) is 23.2. The van der Waals surface area contributed by atoms with Crippen LogP contribution < -0.4 is 0 Å². The quantitative estimate of drug-likeness (QED) is 0.260. The van der Waals surface area contributed by atoms with Crippen LogP contribution >= 0.6 is 0 Å². The predicted molar refractivity (Wildman–Crippen MR) is 122 cm³/mol. The number of ether oxygens (including phenoxy) is 2. The maximum Gasteiger partial charge on any atom is 0.340 e. The molecule has 2 aromatic rings. The summed E-state index contributed by atoms with van der Waals surface area (Å²) in [7, 11) is 1.68. The molecule has 31 heavy (non-hydrogen) atoms. The second-order valence-corrected chi connectivity index (χ2v) is 8.24. The van der Waals surface area contributed by atoms with Crippen LogP contribution in [0.3, 0.4) is 0 Å². The monoisotopic (exact) mass is 429 g/mol. The Morgan fingerprint density at radius 1 is 1.19 bits per heavy atom. The number of carbonyl (C=O) groups excluding carboxylic acids is 1. The summed E-state index contributed by atoms with van der Waals surface area (Å²) in [5.41, 5.74) is 5.43. The number of allylic oxidation sites excluding steroid dienone is 1. The highest BCUT2D eigenvalue weighted by Crippen LogP contribution is 2.31. The summed E-state index contributed by atoms with van der Waals surface area (Å²) in [6, 6.07) is 8.19. The lowest BCUT2D eigenvalue weighted by Gasteiger charge is -2.20. The van der Waals surface area contributed by atoms with Crippen LogP contribution in [0, 0.1) is 13.8 Å². The smallest absolute Gasteiger partial charge is 0.340 e. The van der Waals surface area contributed by atoms with Crippen molar-refractivity contribution in [2.45, 2.75) is 53.5 Å². The van der Waals surface area contributed by atoms with Crippen molar-refractivity contribution in [1.29, 1.82) is 0 Å². The van der Waals surface area contributed by atoms with Crippen molar-refractivity contribution in [2.75, 3.05) is 20.5 Å². The van der Waals surface area contributed by atoms with Gasteiger partial charge in [-0.3, -0.25) is 9.67 Å². The van der Waals surface area contributed by atoms with Crippen molar-refractivity contribution in [2.24, 2.45) is 4.99 Å². The minimum atomic E-state index is -1.20. The molecule has 0 bridgehead atoms. The molecule has 168 valence electrons. The van der Waals surface area contributed by atoms with E-state index in [4.69, 9.17) is 9.47 Å². The van der Waals surface area contributed by atoms with E-state index in [1.807, 2.05) is 37.6 Å². The molecule has 0 radical (unpaired) electrons.